The van der Waals surface area contributed by atoms with Crippen LogP contribution in [0, 0.1) is 5.92 Å². The molecule has 0 aromatic carbocycles. The topological polar surface area (TPSA) is 65.2 Å². The van der Waals surface area contributed by atoms with Crippen molar-refractivity contribution in [1.29, 1.82) is 0 Å². The van der Waals surface area contributed by atoms with Crippen LogP contribution in [-0.2, 0) is 11.2 Å². The summed E-state index contributed by atoms with van der Waals surface area (Å²) >= 11 is 3.54. The minimum Gasteiger partial charge on any atom is -0.375 e. The summed E-state index contributed by atoms with van der Waals surface area (Å²) in [6, 6.07) is 0. The Morgan fingerprint density at radius 3 is 3.05 bits per heavy atom. The molecule has 0 radical (unpaired) electrons. The number of nitrogens with two attached hydrogens (primary N) is 1. The smallest absolute Gasteiger partial charge is 0.185 e. The van der Waals surface area contributed by atoms with Crippen LogP contribution < -0.4 is 5.73 Å². The number of nitrogens with zero attached hydrogens (tertiary/aromatic N) is 1. The van der Waals surface area contributed by atoms with Crippen molar-refractivity contribution in [3.63, 3.8) is 0 Å². The number of Topliss-reactive ketones (excluding diaryl/α,β-unsaturated/α-hetero) is 1. The van der Waals surface area contributed by atoms with Crippen LogP contribution in [0.25, 0.3) is 0 Å². The van der Waals surface area contributed by atoms with E-state index in [9.17, 15) is 4.79 Å². The first-order valence-electron chi connectivity index (χ1n) is 7.63. The largest absolute Gasteiger partial charge is 0.375 e. The van der Waals surface area contributed by atoms with Crippen molar-refractivity contribution in [2.75, 3.05) is 24.7 Å². The first-order valence-corrected chi connectivity index (χ1v) is 9.66. The highest BCUT2D eigenvalue weighted by Gasteiger charge is 2.41. The van der Waals surface area contributed by atoms with E-state index in [1.807, 2.05) is 17.1 Å². The molecule has 1 aromatic heterocycles. The summed E-state index contributed by atoms with van der Waals surface area (Å²) in [6.07, 6.45) is 4.62. The van der Waals surface area contributed by atoms with E-state index in [0.717, 1.165) is 48.6 Å². The average molecular weight is 326 g/mol. The van der Waals surface area contributed by atoms with E-state index in [1.165, 1.54) is 0 Å². The maximum absolute atomic E-state index is 12.7. The highest BCUT2D eigenvalue weighted by atomic mass is 32.2. The fourth-order valence-electron chi connectivity index (χ4n) is 3.21. The summed E-state index contributed by atoms with van der Waals surface area (Å²) in [6.45, 7) is 1.29. The second-order valence-electron chi connectivity index (χ2n) is 5.86. The number of carbonyl (C=O) groups is 1. The average Bonchev–Trinajstić information content (AvgIpc) is 2.96. The molecule has 2 saturated heterocycles. The number of hydrogen-bond donors (Lipinski definition) is 1. The molecule has 1 spiro atoms. The lowest BCUT2D eigenvalue weighted by molar-refractivity contribution is -0.0960. The van der Waals surface area contributed by atoms with Gasteiger partial charge in [0.05, 0.1) is 10.6 Å². The third kappa shape index (κ3) is 3.50. The van der Waals surface area contributed by atoms with Gasteiger partial charge in [-0.2, -0.15) is 11.8 Å². The van der Waals surface area contributed by atoms with Gasteiger partial charge in [0.1, 0.15) is 5.69 Å². The van der Waals surface area contributed by atoms with Crippen molar-refractivity contribution in [3.8, 4) is 0 Å². The van der Waals surface area contributed by atoms with Crippen LogP contribution in [0.5, 0.6) is 0 Å². The van der Waals surface area contributed by atoms with Crippen molar-refractivity contribution in [3.05, 3.63) is 16.1 Å². The van der Waals surface area contributed by atoms with E-state index in [4.69, 9.17) is 10.5 Å². The summed E-state index contributed by atoms with van der Waals surface area (Å²) < 4.78 is 6.07. The van der Waals surface area contributed by atoms with Gasteiger partial charge in [0.2, 0.25) is 0 Å². The Morgan fingerprint density at radius 1 is 1.48 bits per heavy atom. The molecule has 6 heteroatoms. The van der Waals surface area contributed by atoms with Gasteiger partial charge >= 0.3 is 0 Å². The van der Waals surface area contributed by atoms with Gasteiger partial charge in [-0.3, -0.25) is 4.79 Å². The minimum atomic E-state index is -0.0417. The Bertz CT molecular complexity index is 492. The van der Waals surface area contributed by atoms with Crippen LogP contribution >= 0.6 is 23.1 Å². The number of hydrogen-bond acceptors (Lipinski definition) is 6. The molecule has 2 N–H and O–H groups in total. The monoisotopic (exact) mass is 326 g/mol. The lowest BCUT2D eigenvalue weighted by Crippen LogP contribution is -2.44. The molecule has 4 nitrogen and oxygen atoms in total. The summed E-state index contributed by atoms with van der Waals surface area (Å²) in [4.78, 5) is 17.1. The highest BCUT2D eigenvalue weighted by molar-refractivity contribution is 7.99. The van der Waals surface area contributed by atoms with Crippen molar-refractivity contribution in [2.24, 2.45) is 11.7 Å². The number of rotatable bonds is 4. The zero-order valence-corrected chi connectivity index (χ0v) is 13.8. The molecule has 2 fully saturated rings. The highest BCUT2D eigenvalue weighted by Crippen LogP contribution is 2.40. The second kappa shape index (κ2) is 6.77. The van der Waals surface area contributed by atoms with Gasteiger partial charge < -0.3 is 10.5 Å². The molecule has 0 bridgehead atoms. The molecule has 1 unspecified atom stereocenters. The molecule has 3 heterocycles. The summed E-state index contributed by atoms with van der Waals surface area (Å²) in [5.74, 6) is 2.58. The van der Waals surface area contributed by atoms with Crippen molar-refractivity contribution in [1.82, 2.24) is 4.98 Å². The van der Waals surface area contributed by atoms with Gasteiger partial charge in [-0.25, -0.2) is 4.98 Å². The normalized spacial score (nSPS) is 25.1. The Hall–Kier alpha value is -0.430. The molecule has 2 aliphatic heterocycles. The van der Waals surface area contributed by atoms with Crippen LogP contribution in [0.15, 0.2) is 5.38 Å². The number of ketones is 1. The fourth-order valence-corrected chi connectivity index (χ4v) is 5.25. The lowest BCUT2D eigenvalue weighted by atomic mass is 9.79. The maximum atomic E-state index is 12.7. The molecule has 116 valence electrons. The van der Waals surface area contributed by atoms with Crippen LogP contribution in [0.4, 0.5) is 0 Å². The summed E-state index contributed by atoms with van der Waals surface area (Å²) in [7, 11) is 0. The first kappa shape index (κ1) is 15.5. The van der Waals surface area contributed by atoms with E-state index in [-0.39, 0.29) is 17.3 Å². The van der Waals surface area contributed by atoms with Crippen LogP contribution in [0.1, 0.15) is 41.2 Å². The van der Waals surface area contributed by atoms with Crippen LogP contribution in [-0.4, -0.2) is 41.0 Å². The number of carbonyl (C=O) groups excluding carboxylic acids is 1. The molecule has 1 atom stereocenters. The Kier molecular flexibility index (Phi) is 4.99. The predicted molar refractivity (Wildman–Crippen MR) is 87.2 cm³/mol. The molecule has 21 heavy (non-hydrogen) atoms. The van der Waals surface area contributed by atoms with E-state index in [1.54, 1.807) is 11.3 Å². The third-order valence-electron chi connectivity index (χ3n) is 4.43. The van der Waals surface area contributed by atoms with E-state index in [0.29, 0.717) is 18.8 Å². The van der Waals surface area contributed by atoms with E-state index in [2.05, 4.69) is 4.98 Å². The summed E-state index contributed by atoms with van der Waals surface area (Å²) in [5.41, 5.74) is 6.14. The Morgan fingerprint density at radius 2 is 2.29 bits per heavy atom. The van der Waals surface area contributed by atoms with E-state index >= 15 is 0 Å². The van der Waals surface area contributed by atoms with Gasteiger partial charge in [0.15, 0.2) is 5.78 Å². The zero-order chi connectivity index (χ0) is 14.7. The molecular weight excluding hydrogens is 304 g/mol. The second-order valence-corrected chi connectivity index (χ2v) is 8.03. The van der Waals surface area contributed by atoms with Gasteiger partial charge in [0, 0.05) is 24.3 Å². The lowest BCUT2D eigenvalue weighted by Gasteiger charge is -2.42. The molecule has 0 aliphatic carbocycles. The van der Waals surface area contributed by atoms with Crippen molar-refractivity contribution in [2.45, 2.75) is 37.7 Å². The number of thiazole rings is 1. The fraction of sp³-hybridized carbons (Fsp3) is 0.733. The maximum Gasteiger partial charge on any atom is 0.185 e. The molecule has 1 aromatic rings. The van der Waals surface area contributed by atoms with Crippen LogP contribution in [0.3, 0.4) is 0 Å². The molecule has 0 amide bonds. The minimum absolute atomic E-state index is 0.0417. The Labute approximate surface area is 133 Å². The number of thioether (sulfide) groups is 1. The molecule has 3 rings (SSSR count). The Balaban J connectivity index is 1.68. The predicted octanol–water partition coefficient (Wildman–Crippen LogP) is 2.52. The van der Waals surface area contributed by atoms with Gasteiger partial charge in [-0.1, -0.05) is 0 Å². The number of ether oxygens (including phenoxy) is 1. The first-order chi connectivity index (χ1) is 10.2. The standard InChI is InChI=1S/C15H22N2O2S2/c16-5-1-13-17-12(10-21-13)14(18)11-2-6-19-15(9-11)3-7-20-8-4-15/h10-11H,1-9,16H2. The van der Waals surface area contributed by atoms with Gasteiger partial charge in [-0.15, -0.1) is 11.3 Å². The third-order valence-corrected chi connectivity index (χ3v) is 6.32. The molecular formula is C15H22N2O2S2. The zero-order valence-electron chi connectivity index (χ0n) is 12.2. The van der Waals surface area contributed by atoms with Crippen molar-refractivity contribution < 1.29 is 9.53 Å². The van der Waals surface area contributed by atoms with Crippen molar-refractivity contribution >= 4 is 28.9 Å². The molecule has 2 aliphatic rings. The van der Waals surface area contributed by atoms with E-state index < -0.39 is 0 Å². The van der Waals surface area contributed by atoms with Crippen LogP contribution in [0.2, 0.25) is 0 Å². The quantitative estimate of drug-likeness (QED) is 0.861. The molecule has 0 saturated carbocycles. The number of aromatic nitrogens is 1. The SMILES string of the molecule is NCCc1nc(C(=O)C2CCOC3(CCSCC3)C2)cs1. The van der Waals surface area contributed by atoms with Gasteiger partial charge in [0.25, 0.3) is 0 Å². The van der Waals surface area contributed by atoms with Gasteiger partial charge in [-0.05, 0) is 43.7 Å². The summed E-state index contributed by atoms with van der Waals surface area (Å²) in [5, 5.41) is 2.86.